The number of hydrogen-bond acceptors (Lipinski definition) is 3. The molecule has 0 unspecified atom stereocenters. The molecule has 31 heavy (non-hydrogen) atoms. The first kappa shape index (κ1) is 20.6. The van der Waals surface area contributed by atoms with E-state index in [1.807, 2.05) is 0 Å². The quantitative estimate of drug-likeness (QED) is 0.569. The average molecular weight is 437 g/mol. The maximum Gasteiger partial charge on any atom is 0.265 e. The minimum Gasteiger partial charge on any atom is -0.482 e. The lowest BCUT2D eigenvalue weighted by molar-refractivity contribution is -0.121. The molecule has 3 aromatic carbocycles. The summed E-state index contributed by atoms with van der Waals surface area (Å²) in [6.45, 7) is 0.188. The van der Waals surface area contributed by atoms with Crippen molar-refractivity contribution < 1.29 is 18.7 Å². The van der Waals surface area contributed by atoms with Gasteiger partial charge in [0.15, 0.2) is 6.61 Å². The lowest BCUT2D eigenvalue weighted by atomic mass is 10.1. The third-order valence-electron chi connectivity index (χ3n) is 4.72. The second-order valence-electron chi connectivity index (χ2n) is 6.95. The van der Waals surface area contributed by atoms with E-state index in [2.05, 4.69) is 5.32 Å². The summed E-state index contributed by atoms with van der Waals surface area (Å²) >= 11 is 5.86. The van der Waals surface area contributed by atoms with Gasteiger partial charge in [0.25, 0.3) is 5.91 Å². The van der Waals surface area contributed by atoms with Crippen molar-refractivity contribution in [1.29, 1.82) is 0 Å². The highest BCUT2D eigenvalue weighted by molar-refractivity contribution is 6.30. The van der Waals surface area contributed by atoms with Crippen LogP contribution in [0, 0.1) is 5.82 Å². The van der Waals surface area contributed by atoms with Crippen molar-refractivity contribution in [1.82, 2.24) is 0 Å². The van der Waals surface area contributed by atoms with Gasteiger partial charge in [-0.15, -0.1) is 0 Å². The van der Waals surface area contributed by atoms with E-state index in [9.17, 15) is 14.0 Å². The predicted molar refractivity (Wildman–Crippen MR) is 119 cm³/mol. The standard InChI is InChI=1S/C24H18ClFN2O3/c25-18-6-1-16(2-7-18)5-12-23(29)27-20-10-11-22-21(13-20)28(24(30)15-31-22)14-17-3-8-19(26)9-4-17/h1-13H,14-15H2,(H,27,29)/b12-5+. The number of nitrogens with zero attached hydrogens (tertiary/aromatic N) is 1. The first-order valence-electron chi connectivity index (χ1n) is 9.54. The zero-order valence-electron chi connectivity index (χ0n) is 16.3. The van der Waals surface area contributed by atoms with Gasteiger partial charge in [0, 0.05) is 16.8 Å². The summed E-state index contributed by atoms with van der Waals surface area (Å²) in [5.41, 5.74) is 2.68. The second kappa shape index (κ2) is 9.02. The Morgan fingerprint density at radius 1 is 1.10 bits per heavy atom. The molecule has 5 nitrogen and oxygen atoms in total. The number of halogens is 2. The minimum absolute atomic E-state index is 0.0796. The maximum absolute atomic E-state index is 13.2. The summed E-state index contributed by atoms with van der Waals surface area (Å²) in [6.07, 6.45) is 3.10. The van der Waals surface area contributed by atoms with Crippen LogP contribution in [0.2, 0.25) is 5.02 Å². The van der Waals surface area contributed by atoms with Gasteiger partial charge in [-0.2, -0.15) is 0 Å². The summed E-state index contributed by atoms with van der Waals surface area (Å²) < 4.78 is 18.7. The van der Waals surface area contributed by atoms with Crippen LogP contribution in [0.5, 0.6) is 5.75 Å². The number of amides is 2. The Morgan fingerprint density at radius 3 is 2.58 bits per heavy atom. The van der Waals surface area contributed by atoms with E-state index >= 15 is 0 Å². The molecule has 0 fully saturated rings. The second-order valence-corrected chi connectivity index (χ2v) is 7.39. The molecule has 156 valence electrons. The Morgan fingerprint density at radius 2 is 1.84 bits per heavy atom. The fraction of sp³-hybridized carbons (Fsp3) is 0.0833. The van der Waals surface area contributed by atoms with Gasteiger partial charge in [-0.05, 0) is 59.7 Å². The van der Waals surface area contributed by atoms with E-state index in [1.165, 1.54) is 18.2 Å². The highest BCUT2D eigenvalue weighted by Crippen LogP contribution is 2.35. The third-order valence-corrected chi connectivity index (χ3v) is 4.97. The number of ether oxygens (including phenoxy) is 1. The number of anilines is 2. The molecule has 0 spiro atoms. The van der Waals surface area contributed by atoms with Crippen LogP contribution in [0.15, 0.2) is 72.8 Å². The van der Waals surface area contributed by atoms with E-state index in [1.54, 1.807) is 65.6 Å². The first-order chi connectivity index (χ1) is 15.0. The van der Waals surface area contributed by atoms with E-state index in [0.29, 0.717) is 22.1 Å². The highest BCUT2D eigenvalue weighted by atomic mass is 35.5. The SMILES string of the molecule is O=C(/C=C/c1ccc(Cl)cc1)Nc1ccc2c(c1)N(Cc1ccc(F)cc1)C(=O)CO2. The topological polar surface area (TPSA) is 58.6 Å². The molecule has 1 N–H and O–H groups in total. The summed E-state index contributed by atoms with van der Waals surface area (Å²) in [7, 11) is 0. The highest BCUT2D eigenvalue weighted by Gasteiger charge is 2.26. The van der Waals surface area contributed by atoms with E-state index in [0.717, 1.165) is 11.1 Å². The normalized spacial score (nSPS) is 13.1. The van der Waals surface area contributed by atoms with Crippen molar-refractivity contribution in [3.63, 3.8) is 0 Å². The fourth-order valence-electron chi connectivity index (χ4n) is 3.16. The Kier molecular flexibility index (Phi) is 6.00. The average Bonchev–Trinajstić information content (AvgIpc) is 2.77. The summed E-state index contributed by atoms with van der Waals surface area (Å²) in [6, 6.07) is 18.2. The largest absolute Gasteiger partial charge is 0.482 e. The third kappa shape index (κ3) is 5.10. The molecule has 0 saturated carbocycles. The van der Waals surface area contributed by atoms with E-state index < -0.39 is 0 Å². The molecule has 0 atom stereocenters. The van der Waals surface area contributed by atoms with Crippen molar-refractivity contribution in [3.8, 4) is 5.75 Å². The Labute approximate surface area is 183 Å². The van der Waals surface area contributed by atoms with Crippen LogP contribution >= 0.6 is 11.6 Å². The van der Waals surface area contributed by atoms with Crippen LogP contribution in [0.1, 0.15) is 11.1 Å². The lowest BCUT2D eigenvalue weighted by Gasteiger charge is -2.30. The Bertz CT molecular complexity index is 1140. The van der Waals surface area contributed by atoms with Crippen molar-refractivity contribution in [2.45, 2.75) is 6.54 Å². The fourth-order valence-corrected chi connectivity index (χ4v) is 3.28. The molecule has 0 bridgehead atoms. The van der Waals surface area contributed by atoms with Gasteiger partial charge in [-0.1, -0.05) is 35.9 Å². The molecule has 0 aliphatic carbocycles. The maximum atomic E-state index is 13.2. The molecule has 7 heteroatoms. The summed E-state index contributed by atoms with van der Waals surface area (Å²) in [5.74, 6) is -0.337. The van der Waals surface area contributed by atoms with E-state index in [4.69, 9.17) is 16.3 Å². The molecule has 0 radical (unpaired) electrons. The predicted octanol–water partition coefficient (Wildman–Crippen LogP) is 5.06. The molecule has 1 aliphatic rings. The molecular formula is C24H18ClFN2O3. The zero-order chi connectivity index (χ0) is 21.8. The minimum atomic E-state index is -0.339. The number of fused-ring (bicyclic) bond motifs is 1. The molecule has 0 aromatic heterocycles. The van der Waals surface area contributed by atoms with Crippen LogP contribution in [0.3, 0.4) is 0 Å². The van der Waals surface area contributed by atoms with Crippen LogP contribution in [0.4, 0.5) is 15.8 Å². The van der Waals surface area contributed by atoms with Gasteiger partial charge in [0.2, 0.25) is 5.91 Å². The smallest absolute Gasteiger partial charge is 0.265 e. The van der Waals surface area contributed by atoms with Gasteiger partial charge in [0.1, 0.15) is 11.6 Å². The van der Waals surface area contributed by atoms with Crippen molar-refractivity contribution in [2.24, 2.45) is 0 Å². The molecule has 2 amide bonds. The van der Waals surface area contributed by atoms with Crippen LogP contribution in [0.25, 0.3) is 6.08 Å². The van der Waals surface area contributed by atoms with Gasteiger partial charge in [-0.25, -0.2) is 4.39 Å². The lowest BCUT2D eigenvalue weighted by Crippen LogP contribution is -2.38. The van der Waals surface area contributed by atoms with Crippen molar-refractivity contribution in [2.75, 3.05) is 16.8 Å². The molecule has 4 rings (SSSR count). The van der Waals surface area contributed by atoms with Gasteiger partial charge in [-0.3, -0.25) is 9.59 Å². The van der Waals surface area contributed by atoms with Gasteiger partial charge < -0.3 is 15.0 Å². The number of carbonyl (C=O) groups excluding carboxylic acids is 2. The summed E-state index contributed by atoms with van der Waals surface area (Å²) in [5, 5.41) is 3.41. The molecule has 1 aliphatic heterocycles. The Hall–Kier alpha value is -3.64. The molecule has 1 heterocycles. The molecule has 0 saturated heterocycles. The van der Waals surface area contributed by atoms with E-state index in [-0.39, 0.29) is 30.8 Å². The number of carbonyl (C=O) groups is 2. The number of benzene rings is 3. The number of rotatable bonds is 5. The molecule has 3 aromatic rings. The first-order valence-corrected chi connectivity index (χ1v) is 9.92. The summed E-state index contributed by atoms with van der Waals surface area (Å²) in [4.78, 5) is 26.3. The van der Waals surface area contributed by atoms with Crippen LogP contribution in [-0.2, 0) is 16.1 Å². The van der Waals surface area contributed by atoms with Crippen molar-refractivity contribution in [3.05, 3.63) is 94.8 Å². The number of nitrogens with one attached hydrogen (secondary N) is 1. The zero-order valence-corrected chi connectivity index (χ0v) is 17.1. The Balaban J connectivity index is 1.51. The van der Waals surface area contributed by atoms with Crippen LogP contribution in [-0.4, -0.2) is 18.4 Å². The molecular weight excluding hydrogens is 419 g/mol. The van der Waals surface area contributed by atoms with Crippen molar-refractivity contribution >= 4 is 40.9 Å². The van der Waals surface area contributed by atoms with Crippen LogP contribution < -0.4 is 15.0 Å². The monoisotopic (exact) mass is 436 g/mol. The van der Waals surface area contributed by atoms with Gasteiger partial charge in [0.05, 0.1) is 12.2 Å². The van der Waals surface area contributed by atoms with Gasteiger partial charge >= 0.3 is 0 Å². The number of hydrogen-bond donors (Lipinski definition) is 1.